The first-order valence-corrected chi connectivity index (χ1v) is 5.38. The molecule has 2 rings (SSSR count). The Kier molecular flexibility index (Phi) is 6.58. The number of rotatable bonds is 0. The summed E-state index contributed by atoms with van der Waals surface area (Å²) in [4.78, 5) is 19.5. The molecular formula is CoO12P2. The van der Waals surface area contributed by atoms with E-state index in [-0.39, 0.29) is 16.8 Å². The third-order valence-corrected chi connectivity index (χ3v) is 1.52. The largest absolute Gasteiger partial charge is 2.00 e. The maximum absolute atomic E-state index is 9.76. The summed E-state index contributed by atoms with van der Waals surface area (Å²) in [5, 5.41) is 13.4. The van der Waals surface area contributed by atoms with Crippen LogP contribution >= 0.6 is 15.6 Å². The molecule has 0 aromatic heterocycles. The fourth-order valence-electron chi connectivity index (χ4n) is 0.224. The Morgan fingerprint density at radius 1 is 0.667 bits per heavy atom. The molecule has 0 unspecified atom stereocenters. The van der Waals surface area contributed by atoms with Crippen LogP contribution in [-0.4, -0.2) is 0 Å². The van der Waals surface area contributed by atoms with E-state index in [1.54, 1.807) is 0 Å². The molecule has 1 radical (unpaired) electrons. The van der Waals surface area contributed by atoms with Gasteiger partial charge in [-0.2, -0.15) is 0 Å². The van der Waals surface area contributed by atoms with E-state index in [2.05, 4.69) is 38.9 Å². The topological polar surface area (TPSA) is 154 Å². The summed E-state index contributed by atoms with van der Waals surface area (Å²) in [6.07, 6.45) is 0. The predicted molar refractivity (Wildman–Crippen MR) is 23.9 cm³/mol. The van der Waals surface area contributed by atoms with E-state index in [0.29, 0.717) is 0 Å². The van der Waals surface area contributed by atoms with Crippen LogP contribution in [-0.2, 0) is 64.8 Å². The first-order chi connectivity index (χ1) is 6.41. The fourth-order valence-corrected chi connectivity index (χ4v) is 0.671. The second-order valence-electron chi connectivity index (χ2n) is 1.46. The monoisotopic (exact) mass is 313 g/mol. The van der Waals surface area contributed by atoms with Crippen molar-refractivity contribution in [2.45, 2.75) is 0 Å². The van der Waals surface area contributed by atoms with Crippen LogP contribution in [0.3, 0.4) is 0 Å². The van der Waals surface area contributed by atoms with Crippen molar-refractivity contribution < 1.29 is 74.5 Å². The van der Waals surface area contributed by atoms with Gasteiger partial charge in [-0.1, -0.05) is 0 Å². The first kappa shape index (κ1) is 15.6. The minimum Gasteiger partial charge on any atom is -0.753 e. The van der Waals surface area contributed by atoms with Gasteiger partial charge in [0.15, 0.2) is 0 Å². The maximum atomic E-state index is 9.76. The van der Waals surface area contributed by atoms with Crippen LogP contribution in [0.2, 0.25) is 0 Å². The van der Waals surface area contributed by atoms with Gasteiger partial charge in [0.2, 0.25) is 0 Å². The normalized spacial score (nSPS) is 26.3. The predicted octanol–water partition coefficient (Wildman–Crippen LogP) is -1.44. The molecule has 2 saturated heterocycles. The molecule has 2 fully saturated rings. The molecule has 0 saturated carbocycles. The molecule has 0 aliphatic carbocycles. The average molecular weight is 313 g/mol. The van der Waals surface area contributed by atoms with E-state index in [4.69, 9.17) is 0 Å². The van der Waals surface area contributed by atoms with Crippen molar-refractivity contribution in [1.29, 1.82) is 0 Å². The van der Waals surface area contributed by atoms with Gasteiger partial charge in [-0.3, -0.25) is 9.13 Å². The van der Waals surface area contributed by atoms with Crippen molar-refractivity contribution in [1.82, 2.24) is 0 Å². The van der Waals surface area contributed by atoms with E-state index < -0.39 is 15.6 Å². The van der Waals surface area contributed by atoms with E-state index in [0.717, 1.165) is 0 Å². The maximum Gasteiger partial charge on any atom is 2.00 e. The molecule has 2 heterocycles. The van der Waals surface area contributed by atoms with Crippen molar-refractivity contribution in [3.05, 3.63) is 0 Å². The Balaban J connectivity index is 0.000000245. The van der Waals surface area contributed by atoms with Crippen molar-refractivity contribution in [3.63, 3.8) is 0 Å². The molecule has 0 aromatic rings. The summed E-state index contributed by atoms with van der Waals surface area (Å²) in [5.41, 5.74) is 0. The summed E-state index contributed by atoms with van der Waals surface area (Å²) in [7, 11) is -8.48. The molecule has 15 heavy (non-hydrogen) atoms. The van der Waals surface area contributed by atoms with Crippen molar-refractivity contribution in [2.24, 2.45) is 0 Å². The van der Waals surface area contributed by atoms with Gasteiger partial charge in [0.1, 0.15) is 0 Å². The summed E-state index contributed by atoms with van der Waals surface area (Å²) in [6, 6.07) is 0. The molecule has 0 N–H and O–H groups in total. The minimum atomic E-state index is -4.24. The van der Waals surface area contributed by atoms with Gasteiger partial charge in [0.05, 0.1) is 0 Å². The van der Waals surface area contributed by atoms with Gasteiger partial charge < -0.3 is 9.79 Å². The SMILES string of the molecule is O=P1([O-])OOOO1.O=P1([O-])OOOO1.[Co+2]. The van der Waals surface area contributed by atoms with Crippen molar-refractivity contribution >= 4 is 15.6 Å². The van der Waals surface area contributed by atoms with Crippen LogP contribution in [0.4, 0.5) is 0 Å². The molecule has 2 aliphatic heterocycles. The van der Waals surface area contributed by atoms with E-state index in [9.17, 15) is 18.9 Å². The number of phosphoric acid groups is 2. The van der Waals surface area contributed by atoms with Gasteiger partial charge in [0, 0.05) is 0 Å². The molecule has 0 atom stereocenters. The quantitative estimate of drug-likeness (QED) is 0.379. The van der Waals surface area contributed by atoms with E-state index in [1.165, 1.54) is 0 Å². The van der Waals surface area contributed by atoms with Gasteiger partial charge in [-0.05, 0) is 20.2 Å². The zero-order valence-corrected chi connectivity index (χ0v) is 8.96. The van der Waals surface area contributed by atoms with Gasteiger partial charge in [-0.15, -0.1) is 18.7 Å². The Hall–Kier alpha value is 0.566. The minimum absolute atomic E-state index is 0. The molecule has 12 nitrogen and oxygen atoms in total. The van der Waals surface area contributed by atoms with Gasteiger partial charge in [0.25, 0.3) is 0 Å². The number of hydrogen-bond acceptors (Lipinski definition) is 12. The smallest absolute Gasteiger partial charge is 0.753 e. The summed E-state index contributed by atoms with van der Waals surface area (Å²) < 4.78 is 33.1. The zero-order valence-electron chi connectivity index (χ0n) is 6.13. The number of hydrogen-bond donors (Lipinski definition) is 0. The van der Waals surface area contributed by atoms with Crippen LogP contribution in [0.15, 0.2) is 0 Å². The van der Waals surface area contributed by atoms with Crippen molar-refractivity contribution in [2.75, 3.05) is 0 Å². The Morgan fingerprint density at radius 3 is 0.933 bits per heavy atom. The average Bonchev–Trinajstić information content (AvgIpc) is 2.60. The summed E-state index contributed by atoms with van der Waals surface area (Å²) >= 11 is 0. The van der Waals surface area contributed by atoms with Gasteiger partial charge in [-0.25, -0.2) is 0 Å². The molecular weight excluding hydrogens is 313 g/mol. The van der Waals surface area contributed by atoms with Crippen molar-refractivity contribution in [3.8, 4) is 0 Å². The molecule has 91 valence electrons. The Bertz CT molecular complexity index is 223. The van der Waals surface area contributed by atoms with Crippen LogP contribution in [0, 0.1) is 0 Å². The van der Waals surface area contributed by atoms with Crippen LogP contribution in [0.5, 0.6) is 0 Å². The van der Waals surface area contributed by atoms with Crippen LogP contribution < -0.4 is 9.79 Å². The summed E-state index contributed by atoms with van der Waals surface area (Å²) in [6.45, 7) is 0. The molecule has 0 aromatic carbocycles. The van der Waals surface area contributed by atoms with Gasteiger partial charge >= 0.3 is 32.4 Å². The third-order valence-electron chi connectivity index (χ3n) is 0.542. The molecule has 0 amide bonds. The second kappa shape index (κ2) is 6.34. The Morgan fingerprint density at radius 2 is 0.867 bits per heavy atom. The first-order valence-electron chi connectivity index (χ1n) is 2.46. The molecule has 0 bridgehead atoms. The molecule has 2 aliphatic rings. The van der Waals surface area contributed by atoms with Crippen LogP contribution in [0.1, 0.15) is 0 Å². The summed E-state index contributed by atoms with van der Waals surface area (Å²) in [5.74, 6) is 0. The fraction of sp³-hybridized carbons (Fsp3) is 0. The van der Waals surface area contributed by atoms with E-state index >= 15 is 0 Å². The Labute approximate surface area is 90.9 Å². The molecule has 15 heteroatoms. The third kappa shape index (κ3) is 6.67. The van der Waals surface area contributed by atoms with E-state index in [1.807, 2.05) is 0 Å². The standard InChI is InChI=1S/Co.2HO6P/c;2*1-7(2)5-3-4-6-7/h;2*(H,1,2)/q+2;;/p-2. The van der Waals surface area contributed by atoms with Crippen LogP contribution in [0.25, 0.3) is 0 Å². The zero-order chi connectivity index (χ0) is 10.7. The second-order valence-corrected chi connectivity index (χ2v) is 3.85. The molecule has 0 spiro atoms.